The minimum Gasteiger partial charge on any atom is -0.373 e. The van der Waals surface area contributed by atoms with Crippen molar-refractivity contribution in [2.75, 3.05) is 17.7 Å². The molecule has 2 N–H and O–H groups in total. The predicted molar refractivity (Wildman–Crippen MR) is 88.7 cm³/mol. The van der Waals surface area contributed by atoms with E-state index in [0.717, 1.165) is 21.7 Å². The van der Waals surface area contributed by atoms with Crippen molar-refractivity contribution in [3.63, 3.8) is 0 Å². The molecule has 0 saturated carbocycles. The van der Waals surface area contributed by atoms with Crippen LogP contribution in [0.2, 0.25) is 0 Å². The maximum Gasteiger partial charge on any atom is 0.127 e. The van der Waals surface area contributed by atoms with E-state index in [1.807, 2.05) is 19.2 Å². The van der Waals surface area contributed by atoms with Crippen LogP contribution in [0, 0.1) is 0 Å². The first-order valence-corrected chi connectivity index (χ1v) is 7.14. The Morgan fingerprint density at radius 1 is 0.900 bits per heavy atom. The normalized spacial score (nSPS) is 10.5. The summed E-state index contributed by atoms with van der Waals surface area (Å²) in [4.78, 5) is 4.20. The molecule has 2 aromatic carbocycles. The third-order valence-electron chi connectivity index (χ3n) is 3.11. The maximum absolute atomic E-state index is 4.20. The molecule has 0 saturated heterocycles. The fraction of sp³-hybridized carbons (Fsp3) is 0.0625. The number of nitrogens with zero attached hydrogens (tertiary/aromatic N) is 1. The molecule has 0 unspecified atom stereocenters. The number of fused-ring (bicyclic) bond motifs is 1. The van der Waals surface area contributed by atoms with Gasteiger partial charge in [0.2, 0.25) is 0 Å². The summed E-state index contributed by atoms with van der Waals surface area (Å²) in [5, 5.41) is 8.85. The topological polar surface area (TPSA) is 37.0 Å². The summed E-state index contributed by atoms with van der Waals surface area (Å²) < 4.78 is 1.10. The Morgan fingerprint density at radius 3 is 2.50 bits per heavy atom. The molecule has 3 rings (SSSR count). The molecule has 0 amide bonds. The zero-order valence-corrected chi connectivity index (χ0v) is 12.6. The van der Waals surface area contributed by atoms with Crippen LogP contribution in [0.25, 0.3) is 10.8 Å². The van der Waals surface area contributed by atoms with Gasteiger partial charge in [-0.25, -0.2) is 4.98 Å². The highest BCUT2D eigenvalue weighted by Gasteiger charge is 2.00. The third-order valence-corrected chi connectivity index (χ3v) is 3.60. The van der Waals surface area contributed by atoms with Crippen molar-refractivity contribution in [1.82, 2.24) is 4.98 Å². The van der Waals surface area contributed by atoms with Gasteiger partial charge in [0.15, 0.2) is 0 Å². The Labute approximate surface area is 126 Å². The van der Waals surface area contributed by atoms with Crippen molar-refractivity contribution in [2.24, 2.45) is 0 Å². The quantitative estimate of drug-likeness (QED) is 0.726. The van der Waals surface area contributed by atoms with E-state index in [1.54, 1.807) is 6.20 Å². The van der Waals surface area contributed by atoms with E-state index < -0.39 is 0 Å². The SMILES string of the molecule is CNc1cc(Nc2ccc3cc(Br)ccc3c2)ccn1. The largest absolute Gasteiger partial charge is 0.373 e. The molecule has 0 atom stereocenters. The average Bonchev–Trinajstić information content (AvgIpc) is 2.47. The molecular weight excluding hydrogens is 314 g/mol. The Kier molecular flexibility index (Phi) is 3.56. The summed E-state index contributed by atoms with van der Waals surface area (Å²) in [7, 11) is 1.86. The number of hydrogen-bond acceptors (Lipinski definition) is 3. The summed E-state index contributed by atoms with van der Waals surface area (Å²) in [6, 6.07) is 16.5. The molecule has 0 aliphatic rings. The lowest BCUT2D eigenvalue weighted by atomic mass is 10.1. The van der Waals surface area contributed by atoms with Gasteiger partial charge in [0.25, 0.3) is 0 Å². The van der Waals surface area contributed by atoms with Gasteiger partial charge in [-0.1, -0.05) is 28.1 Å². The minimum absolute atomic E-state index is 0.847. The monoisotopic (exact) mass is 327 g/mol. The van der Waals surface area contributed by atoms with E-state index in [-0.39, 0.29) is 0 Å². The molecule has 3 aromatic rings. The highest BCUT2D eigenvalue weighted by atomic mass is 79.9. The second-order valence-electron chi connectivity index (χ2n) is 4.51. The van der Waals surface area contributed by atoms with E-state index in [2.05, 4.69) is 67.9 Å². The summed E-state index contributed by atoms with van der Waals surface area (Å²) in [6.07, 6.45) is 1.78. The van der Waals surface area contributed by atoms with Crippen molar-refractivity contribution < 1.29 is 0 Å². The number of aromatic nitrogens is 1. The standard InChI is InChI=1S/C16H14BrN3/c1-18-16-10-15(6-7-19-16)20-14-5-3-11-8-13(17)4-2-12(11)9-14/h2-10H,1H3,(H2,18,19,20). The molecule has 0 aliphatic heterocycles. The Morgan fingerprint density at radius 2 is 1.65 bits per heavy atom. The molecular formula is C16H14BrN3. The molecule has 0 aliphatic carbocycles. The number of benzene rings is 2. The number of rotatable bonds is 3. The summed E-state index contributed by atoms with van der Waals surface area (Å²) in [6.45, 7) is 0. The van der Waals surface area contributed by atoms with Crippen LogP contribution in [0.3, 0.4) is 0 Å². The van der Waals surface area contributed by atoms with Crippen LogP contribution in [-0.4, -0.2) is 12.0 Å². The molecule has 0 fully saturated rings. The van der Waals surface area contributed by atoms with Crippen molar-refractivity contribution in [1.29, 1.82) is 0 Å². The van der Waals surface area contributed by atoms with E-state index in [4.69, 9.17) is 0 Å². The molecule has 3 nitrogen and oxygen atoms in total. The van der Waals surface area contributed by atoms with Crippen molar-refractivity contribution in [3.8, 4) is 0 Å². The van der Waals surface area contributed by atoms with Gasteiger partial charge in [-0.2, -0.15) is 0 Å². The van der Waals surface area contributed by atoms with E-state index >= 15 is 0 Å². The first-order valence-electron chi connectivity index (χ1n) is 6.35. The van der Waals surface area contributed by atoms with Gasteiger partial charge >= 0.3 is 0 Å². The average molecular weight is 328 g/mol. The molecule has 0 bridgehead atoms. The van der Waals surface area contributed by atoms with Crippen LogP contribution in [-0.2, 0) is 0 Å². The lowest BCUT2D eigenvalue weighted by molar-refractivity contribution is 1.28. The Balaban J connectivity index is 1.92. The zero-order chi connectivity index (χ0) is 13.9. The predicted octanol–water partition coefficient (Wildman–Crippen LogP) is 4.78. The van der Waals surface area contributed by atoms with Crippen molar-refractivity contribution in [2.45, 2.75) is 0 Å². The summed E-state index contributed by atoms with van der Waals surface area (Å²) >= 11 is 3.49. The van der Waals surface area contributed by atoms with Crippen LogP contribution < -0.4 is 10.6 Å². The molecule has 100 valence electrons. The van der Waals surface area contributed by atoms with Gasteiger partial charge in [-0.3, -0.25) is 0 Å². The van der Waals surface area contributed by atoms with Gasteiger partial charge in [-0.15, -0.1) is 0 Å². The highest BCUT2D eigenvalue weighted by Crippen LogP contribution is 2.25. The highest BCUT2D eigenvalue weighted by molar-refractivity contribution is 9.10. The zero-order valence-electron chi connectivity index (χ0n) is 11.0. The van der Waals surface area contributed by atoms with Gasteiger partial charge in [-0.05, 0) is 41.1 Å². The van der Waals surface area contributed by atoms with Crippen LogP contribution >= 0.6 is 15.9 Å². The van der Waals surface area contributed by atoms with Gasteiger partial charge in [0.05, 0.1) is 0 Å². The molecule has 4 heteroatoms. The number of nitrogens with one attached hydrogen (secondary N) is 2. The van der Waals surface area contributed by atoms with Crippen LogP contribution in [0.15, 0.2) is 59.2 Å². The fourth-order valence-electron chi connectivity index (χ4n) is 2.11. The van der Waals surface area contributed by atoms with Gasteiger partial charge in [0, 0.05) is 35.2 Å². The second-order valence-corrected chi connectivity index (χ2v) is 5.43. The first-order chi connectivity index (χ1) is 9.74. The maximum atomic E-state index is 4.20. The first kappa shape index (κ1) is 12.9. The van der Waals surface area contributed by atoms with Crippen LogP contribution in [0.1, 0.15) is 0 Å². The van der Waals surface area contributed by atoms with Gasteiger partial charge in [0.1, 0.15) is 5.82 Å². The Bertz CT molecular complexity index is 756. The van der Waals surface area contributed by atoms with Gasteiger partial charge < -0.3 is 10.6 Å². The number of anilines is 3. The molecule has 1 heterocycles. The lowest BCUT2D eigenvalue weighted by Crippen LogP contribution is -1.95. The second kappa shape index (κ2) is 5.51. The van der Waals surface area contributed by atoms with Crippen molar-refractivity contribution >= 4 is 43.9 Å². The molecule has 1 aromatic heterocycles. The van der Waals surface area contributed by atoms with Crippen LogP contribution in [0.5, 0.6) is 0 Å². The smallest absolute Gasteiger partial charge is 0.127 e. The fourth-order valence-corrected chi connectivity index (χ4v) is 2.48. The molecule has 20 heavy (non-hydrogen) atoms. The van der Waals surface area contributed by atoms with Crippen LogP contribution in [0.4, 0.5) is 17.2 Å². The van der Waals surface area contributed by atoms with E-state index in [9.17, 15) is 0 Å². The van der Waals surface area contributed by atoms with Crippen molar-refractivity contribution in [3.05, 3.63) is 59.2 Å². The van der Waals surface area contributed by atoms with E-state index in [0.29, 0.717) is 0 Å². The number of hydrogen-bond donors (Lipinski definition) is 2. The molecule has 0 radical (unpaired) electrons. The number of pyridine rings is 1. The number of halogens is 1. The Hall–Kier alpha value is -2.07. The lowest BCUT2D eigenvalue weighted by Gasteiger charge is -2.09. The summed E-state index contributed by atoms with van der Waals surface area (Å²) in [5.74, 6) is 0.847. The minimum atomic E-state index is 0.847. The third kappa shape index (κ3) is 2.75. The summed E-state index contributed by atoms with van der Waals surface area (Å²) in [5.41, 5.74) is 2.08. The molecule has 0 spiro atoms. The van der Waals surface area contributed by atoms with E-state index in [1.165, 1.54) is 10.8 Å².